The lowest BCUT2D eigenvalue weighted by Gasteiger charge is -2.41. The molecule has 0 aromatic carbocycles. The molecule has 0 radical (unpaired) electrons. The van der Waals surface area contributed by atoms with Crippen molar-refractivity contribution in [3.05, 3.63) is 0 Å². The summed E-state index contributed by atoms with van der Waals surface area (Å²) in [5.74, 6) is -1.78. The van der Waals surface area contributed by atoms with Crippen LogP contribution in [0.5, 0.6) is 0 Å². The minimum atomic E-state index is -1.24. The van der Waals surface area contributed by atoms with E-state index >= 15 is 0 Å². The molecule has 3 amide bonds. The van der Waals surface area contributed by atoms with E-state index in [1.165, 1.54) is 14.2 Å². The number of nitrogens with one attached hydrogen (secondary N) is 1. The highest BCUT2D eigenvalue weighted by Gasteiger charge is 2.49. The summed E-state index contributed by atoms with van der Waals surface area (Å²) in [6.07, 6.45) is 1.38. The number of methoxy groups -OCH3 is 2. The van der Waals surface area contributed by atoms with E-state index in [1.54, 1.807) is 23.8 Å². The number of carboxylic acid groups (broad SMARTS) is 1. The van der Waals surface area contributed by atoms with Crippen molar-refractivity contribution in [2.45, 2.75) is 104 Å². The molecule has 0 bridgehead atoms. The van der Waals surface area contributed by atoms with Crippen molar-refractivity contribution in [3.63, 3.8) is 0 Å². The average Bonchev–Trinajstić information content (AvgIpc) is 3.40. The quantitative estimate of drug-likeness (QED) is 0.262. The second-order valence-corrected chi connectivity index (χ2v) is 13.1. The van der Waals surface area contributed by atoms with E-state index in [0.717, 1.165) is 6.42 Å². The molecule has 1 aliphatic heterocycles. The first kappa shape index (κ1) is 37.8. The van der Waals surface area contributed by atoms with E-state index in [9.17, 15) is 24.3 Å². The van der Waals surface area contributed by atoms with Crippen molar-refractivity contribution in [2.24, 2.45) is 23.2 Å². The lowest BCUT2D eigenvalue weighted by molar-refractivity contribution is -0.159. The molecule has 1 aliphatic rings. The van der Waals surface area contributed by atoms with Gasteiger partial charge in [-0.1, -0.05) is 48.0 Å². The Labute approximate surface area is 253 Å². The van der Waals surface area contributed by atoms with Crippen molar-refractivity contribution >= 4 is 23.7 Å². The maximum atomic E-state index is 14.0. The maximum absolute atomic E-state index is 14.0. The Kier molecular flexibility index (Phi) is 14.9. The van der Waals surface area contributed by atoms with Crippen LogP contribution in [0.3, 0.4) is 0 Å². The first-order chi connectivity index (χ1) is 19.5. The van der Waals surface area contributed by atoms with Crippen LogP contribution in [0, 0.1) is 23.2 Å². The molecule has 0 saturated carbocycles. The highest BCUT2D eigenvalue weighted by atomic mass is 16.5. The van der Waals surface area contributed by atoms with Crippen LogP contribution in [0.25, 0.3) is 0 Å². The molecule has 0 aromatic heterocycles. The third kappa shape index (κ3) is 8.89. The average molecular weight is 599 g/mol. The van der Waals surface area contributed by atoms with Crippen LogP contribution in [0.2, 0.25) is 0 Å². The van der Waals surface area contributed by atoms with Gasteiger partial charge in [-0.2, -0.15) is 0 Å². The van der Waals surface area contributed by atoms with Gasteiger partial charge in [0.05, 0.1) is 31.2 Å². The molecular formula is C31H58N4O7. The number of hydrogen-bond donors (Lipinski definition) is 2. The predicted octanol–water partition coefficient (Wildman–Crippen LogP) is 2.72. The van der Waals surface area contributed by atoms with Crippen LogP contribution in [-0.4, -0.2) is 122 Å². The number of ether oxygens (including phenoxy) is 2. The van der Waals surface area contributed by atoms with E-state index in [2.05, 4.69) is 5.32 Å². The van der Waals surface area contributed by atoms with Crippen molar-refractivity contribution in [1.82, 2.24) is 20.0 Å². The van der Waals surface area contributed by atoms with Crippen LogP contribution in [0.15, 0.2) is 0 Å². The van der Waals surface area contributed by atoms with Crippen molar-refractivity contribution in [1.29, 1.82) is 0 Å². The van der Waals surface area contributed by atoms with Gasteiger partial charge in [0.2, 0.25) is 17.7 Å². The molecule has 0 spiro atoms. The Morgan fingerprint density at radius 3 is 2.07 bits per heavy atom. The van der Waals surface area contributed by atoms with Crippen LogP contribution in [0.4, 0.5) is 0 Å². The number of carboxylic acids is 1. The maximum Gasteiger partial charge on any atom is 0.313 e. The zero-order chi connectivity index (χ0) is 32.5. The highest BCUT2D eigenvalue weighted by Crippen LogP contribution is 2.35. The summed E-state index contributed by atoms with van der Waals surface area (Å²) >= 11 is 0. The van der Waals surface area contributed by atoms with Gasteiger partial charge >= 0.3 is 5.97 Å². The zero-order valence-electron chi connectivity index (χ0n) is 28.1. The Morgan fingerprint density at radius 1 is 1.05 bits per heavy atom. The van der Waals surface area contributed by atoms with Crippen LogP contribution in [-0.2, 0) is 28.7 Å². The second kappa shape index (κ2) is 16.6. The van der Waals surface area contributed by atoms with Crippen LogP contribution >= 0.6 is 0 Å². The van der Waals surface area contributed by atoms with Gasteiger partial charge in [0.15, 0.2) is 0 Å². The number of carbonyl (C=O) groups is 4. The third-order valence-corrected chi connectivity index (χ3v) is 9.01. The molecular weight excluding hydrogens is 540 g/mol. The fourth-order valence-electron chi connectivity index (χ4n) is 6.45. The molecule has 2 N–H and O–H groups in total. The van der Waals surface area contributed by atoms with Crippen LogP contribution in [0.1, 0.15) is 74.1 Å². The van der Waals surface area contributed by atoms with E-state index in [4.69, 9.17) is 9.47 Å². The van der Waals surface area contributed by atoms with Gasteiger partial charge in [-0.3, -0.25) is 24.1 Å². The number of hydrogen-bond acceptors (Lipinski definition) is 7. The van der Waals surface area contributed by atoms with E-state index in [-0.39, 0.29) is 54.5 Å². The summed E-state index contributed by atoms with van der Waals surface area (Å²) in [5, 5.41) is 13.0. The normalized spacial score (nSPS) is 20.6. The summed E-state index contributed by atoms with van der Waals surface area (Å²) in [6.45, 7) is 13.9. The Bertz CT molecular complexity index is 904. The Hall–Kier alpha value is -2.24. The molecule has 1 heterocycles. The van der Waals surface area contributed by atoms with Crippen molar-refractivity contribution < 1.29 is 33.8 Å². The number of likely N-dealkylation sites (tertiary alicyclic amines) is 1. The Balaban J connectivity index is 3.30. The molecule has 0 aromatic rings. The molecule has 11 heteroatoms. The highest BCUT2D eigenvalue weighted by molar-refractivity contribution is 5.90. The number of rotatable bonds is 17. The predicted molar refractivity (Wildman–Crippen MR) is 163 cm³/mol. The minimum absolute atomic E-state index is 0.00291. The lowest BCUT2D eigenvalue weighted by Crippen LogP contribution is -2.59. The summed E-state index contributed by atoms with van der Waals surface area (Å²) in [6, 6.07) is -2.10. The van der Waals surface area contributed by atoms with Crippen molar-refractivity contribution in [2.75, 3.05) is 48.5 Å². The standard InChI is InChI=1S/C31H58N4O7/c1-13-21(6)27(34(10)29(38)25(19(2)3)32-28(37)26(20(4)5)33(8)9)22(42-12)17-24(36)35-16-14-15-23(35)31(7,18-41-11)30(39)40/h19-23,25-27H,13-18H2,1-12H3,(H,32,37)(H,39,40)/t21-,22+,23?,25-,26-,27-,31+/m0/s1. The second-order valence-electron chi connectivity index (χ2n) is 13.1. The first-order valence-corrected chi connectivity index (χ1v) is 15.3. The third-order valence-electron chi connectivity index (χ3n) is 9.01. The van der Waals surface area contributed by atoms with Crippen molar-refractivity contribution in [3.8, 4) is 0 Å². The number of carbonyl (C=O) groups excluding carboxylic acids is 3. The number of likely N-dealkylation sites (N-methyl/N-ethyl adjacent to an activating group) is 2. The minimum Gasteiger partial charge on any atom is -0.481 e. The number of amides is 3. The molecule has 7 atom stereocenters. The zero-order valence-corrected chi connectivity index (χ0v) is 28.1. The summed E-state index contributed by atoms with van der Waals surface area (Å²) in [4.78, 5) is 58.4. The molecule has 1 unspecified atom stereocenters. The monoisotopic (exact) mass is 598 g/mol. The van der Waals surface area contributed by atoms with Crippen LogP contribution < -0.4 is 5.32 Å². The topological polar surface area (TPSA) is 129 Å². The lowest BCUT2D eigenvalue weighted by atomic mass is 9.81. The SMILES string of the molecule is CC[C@H](C)[C@@H]([C@@H](CC(=O)N1CCCC1[C@@](C)(COC)C(=O)O)OC)N(C)C(=O)[C@@H](NC(=O)[C@H](C(C)C)N(C)C)C(C)C. The Morgan fingerprint density at radius 2 is 1.64 bits per heavy atom. The summed E-state index contributed by atoms with van der Waals surface area (Å²) in [5.41, 5.74) is -1.24. The van der Waals surface area contributed by atoms with Gasteiger partial charge < -0.3 is 29.7 Å². The number of nitrogens with zero attached hydrogens (tertiary/aromatic N) is 3. The molecule has 1 rings (SSSR count). The molecule has 0 aliphatic carbocycles. The van der Waals surface area contributed by atoms with E-state index in [0.29, 0.717) is 19.4 Å². The van der Waals surface area contributed by atoms with E-state index in [1.807, 2.05) is 60.5 Å². The van der Waals surface area contributed by atoms with E-state index < -0.39 is 35.6 Å². The fourth-order valence-corrected chi connectivity index (χ4v) is 6.45. The first-order valence-electron chi connectivity index (χ1n) is 15.3. The molecule has 11 nitrogen and oxygen atoms in total. The van der Waals surface area contributed by atoms with Gasteiger partial charge in [-0.05, 0) is 51.6 Å². The largest absolute Gasteiger partial charge is 0.481 e. The molecule has 1 saturated heterocycles. The van der Waals surface area contributed by atoms with Gasteiger partial charge in [0, 0.05) is 33.9 Å². The summed E-state index contributed by atoms with van der Waals surface area (Å²) < 4.78 is 11.1. The van der Waals surface area contributed by atoms with Gasteiger partial charge in [-0.15, -0.1) is 0 Å². The van der Waals surface area contributed by atoms with Gasteiger partial charge in [0.1, 0.15) is 11.5 Å². The molecule has 244 valence electrons. The smallest absolute Gasteiger partial charge is 0.313 e. The molecule has 42 heavy (non-hydrogen) atoms. The van der Waals surface area contributed by atoms with Gasteiger partial charge in [0.25, 0.3) is 0 Å². The molecule has 1 fully saturated rings. The summed E-state index contributed by atoms with van der Waals surface area (Å²) in [7, 11) is 8.40. The van der Waals surface area contributed by atoms with Gasteiger partial charge in [-0.25, -0.2) is 0 Å². The fraction of sp³-hybridized carbons (Fsp3) is 0.871. The number of aliphatic carboxylic acids is 1.